The van der Waals surface area contributed by atoms with E-state index in [-0.39, 0.29) is 11.4 Å². The van der Waals surface area contributed by atoms with Crippen LogP contribution in [-0.2, 0) is 13.1 Å². The van der Waals surface area contributed by atoms with Gasteiger partial charge in [-0.15, -0.1) is 0 Å². The molecule has 6 heteroatoms. The van der Waals surface area contributed by atoms with Crippen LogP contribution < -0.4 is 5.56 Å². The lowest BCUT2D eigenvalue weighted by Gasteiger charge is -2.27. The van der Waals surface area contributed by atoms with Crippen LogP contribution in [0.1, 0.15) is 35.6 Å². The predicted molar refractivity (Wildman–Crippen MR) is 118 cm³/mol. The number of rotatable bonds is 3. The van der Waals surface area contributed by atoms with Crippen molar-refractivity contribution in [2.24, 2.45) is 0 Å². The molecule has 0 radical (unpaired) electrons. The van der Waals surface area contributed by atoms with E-state index in [1.165, 1.54) is 22.0 Å². The van der Waals surface area contributed by atoms with Gasteiger partial charge in [0.05, 0.1) is 5.69 Å². The van der Waals surface area contributed by atoms with E-state index in [1.54, 1.807) is 24.4 Å². The van der Waals surface area contributed by atoms with Crippen molar-refractivity contribution in [3.63, 3.8) is 0 Å². The predicted octanol–water partition coefficient (Wildman–Crippen LogP) is 4.07. The minimum atomic E-state index is -0.177. The first-order valence-electron chi connectivity index (χ1n) is 10.8. The van der Waals surface area contributed by atoms with Crippen LogP contribution in [0.2, 0.25) is 0 Å². The van der Waals surface area contributed by atoms with Gasteiger partial charge in [-0.25, -0.2) is 4.39 Å². The Morgan fingerprint density at radius 1 is 1.03 bits per heavy atom. The van der Waals surface area contributed by atoms with Crippen molar-refractivity contribution in [1.82, 2.24) is 19.2 Å². The second-order valence-corrected chi connectivity index (χ2v) is 8.60. The molecule has 2 aromatic carbocycles. The van der Waals surface area contributed by atoms with Gasteiger partial charge in [-0.3, -0.25) is 9.69 Å². The van der Waals surface area contributed by atoms with Crippen LogP contribution in [0.5, 0.6) is 0 Å². The van der Waals surface area contributed by atoms with Crippen molar-refractivity contribution in [3.8, 4) is 5.69 Å². The van der Waals surface area contributed by atoms with E-state index in [0.29, 0.717) is 5.92 Å². The molecule has 3 aliphatic rings. The fourth-order valence-electron chi connectivity index (χ4n) is 5.28. The van der Waals surface area contributed by atoms with Crippen LogP contribution in [0.4, 0.5) is 4.39 Å². The number of hydrogen-bond donors (Lipinski definition) is 0. The van der Waals surface area contributed by atoms with Crippen molar-refractivity contribution in [2.45, 2.75) is 31.8 Å². The van der Waals surface area contributed by atoms with Crippen LogP contribution in [0.15, 0.2) is 65.6 Å². The fourth-order valence-corrected chi connectivity index (χ4v) is 5.28. The van der Waals surface area contributed by atoms with Crippen molar-refractivity contribution in [3.05, 3.63) is 93.8 Å². The largest absolute Gasteiger partial charge is 0.340 e. The molecule has 3 aliphatic heterocycles. The van der Waals surface area contributed by atoms with Gasteiger partial charge in [-0.05, 0) is 73.5 Å². The summed E-state index contributed by atoms with van der Waals surface area (Å²) in [5.74, 6) is 0.347. The zero-order valence-corrected chi connectivity index (χ0v) is 17.2. The Kier molecular flexibility index (Phi) is 4.28. The van der Waals surface area contributed by atoms with Crippen molar-refractivity contribution >= 4 is 10.9 Å². The van der Waals surface area contributed by atoms with Crippen LogP contribution in [-0.4, -0.2) is 32.3 Å². The summed E-state index contributed by atoms with van der Waals surface area (Å²) in [6, 6.07) is 16.3. The summed E-state index contributed by atoms with van der Waals surface area (Å²) in [4.78, 5) is 14.6. The topological polar surface area (TPSA) is 43.1 Å². The molecule has 0 unspecified atom stereocenters. The van der Waals surface area contributed by atoms with E-state index in [0.717, 1.165) is 61.2 Å². The maximum Gasteiger partial charge on any atom is 0.271 e. The highest BCUT2D eigenvalue weighted by Gasteiger charge is 2.32. The quantitative estimate of drug-likeness (QED) is 0.508. The van der Waals surface area contributed by atoms with Gasteiger partial charge >= 0.3 is 0 Å². The molecule has 0 aliphatic carbocycles. The molecule has 0 saturated carbocycles. The van der Waals surface area contributed by atoms with E-state index in [9.17, 15) is 9.18 Å². The minimum absolute atomic E-state index is 0.148. The second kappa shape index (κ2) is 7.17. The molecule has 5 heterocycles. The number of benzene rings is 2. The molecule has 31 heavy (non-hydrogen) atoms. The Balaban J connectivity index is 1.43. The molecule has 4 aromatic rings. The number of halogens is 1. The van der Waals surface area contributed by atoms with Gasteiger partial charge in [-0.2, -0.15) is 9.78 Å². The van der Waals surface area contributed by atoms with E-state index in [1.807, 2.05) is 18.2 Å². The van der Waals surface area contributed by atoms with Crippen LogP contribution >= 0.6 is 0 Å². The standard InChI is InChI=1S/C25H23FN4O/c26-19-5-8-23-21(14-19)22-16-28-12-9-18(10-13-28)25(22)29(23)15-17-3-6-20(7-4-17)30-24(31)2-1-11-27-30/h1-8,11,14,18H,9-10,12-13,15-16H2. The summed E-state index contributed by atoms with van der Waals surface area (Å²) >= 11 is 0. The maximum atomic E-state index is 14.1. The second-order valence-electron chi connectivity index (χ2n) is 8.60. The number of piperidine rings is 1. The molecule has 0 spiro atoms. The third-order valence-corrected chi connectivity index (χ3v) is 6.77. The Hall–Kier alpha value is -3.25. The molecule has 1 fully saturated rings. The lowest BCUT2D eigenvalue weighted by Crippen LogP contribution is -2.29. The highest BCUT2D eigenvalue weighted by atomic mass is 19.1. The first-order chi connectivity index (χ1) is 15.2. The lowest BCUT2D eigenvalue weighted by atomic mass is 9.94. The number of nitrogens with zero attached hydrogens (tertiary/aromatic N) is 4. The Morgan fingerprint density at radius 2 is 1.84 bits per heavy atom. The van der Waals surface area contributed by atoms with Gasteiger partial charge in [0, 0.05) is 47.9 Å². The molecule has 0 atom stereocenters. The van der Waals surface area contributed by atoms with E-state index in [4.69, 9.17) is 0 Å². The van der Waals surface area contributed by atoms with Gasteiger partial charge in [0.1, 0.15) is 5.82 Å². The molecule has 1 saturated heterocycles. The highest BCUT2D eigenvalue weighted by Crippen LogP contribution is 2.41. The third kappa shape index (κ3) is 3.10. The van der Waals surface area contributed by atoms with Gasteiger partial charge in [-0.1, -0.05) is 12.1 Å². The number of fused-ring (bicyclic) bond motifs is 3. The van der Waals surface area contributed by atoms with E-state index in [2.05, 4.69) is 26.7 Å². The van der Waals surface area contributed by atoms with Crippen molar-refractivity contribution in [2.75, 3.05) is 13.1 Å². The van der Waals surface area contributed by atoms with Crippen LogP contribution in [0.25, 0.3) is 16.6 Å². The smallest absolute Gasteiger partial charge is 0.271 e. The number of aromatic nitrogens is 3. The summed E-state index contributed by atoms with van der Waals surface area (Å²) in [5, 5.41) is 5.20. The van der Waals surface area contributed by atoms with Crippen LogP contribution in [0, 0.1) is 5.82 Å². The molecular formula is C25H23FN4O. The molecule has 0 N–H and O–H groups in total. The minimum Gasteiger partial charge on any atom is -0.340 e. The molecular weight excluding hydrogens is 391 g/mol. The monoisotopic (exact) mass is 414 g/mol. The zero-order valence-electron chi connectivity index (χ0n) is 17.2. The van der Waals surface area contributed by atoms with Gasteiger partial charge in [0.25, 0.3) is 5.56 Å². The normalized spacial score (nSPS) is 20.0. The molecule has 2 aromatic heterocycles. The van der Waals surface area contributed by atoms with Gasteiger partial charge in [0.2, 0.25) is 0 Å². The highest BCUT2D eigenvalue weighted by molar-refractivity contribution is 5.86. The number of hydrogen-bond acceptors (Lipinski definition) is 3. The average Bonchev–Trinajstić information content (AvgIpc) is 2.92. The third-order valence-electron chi connectivity index (χ3n) is 6.77. The summed E-state index contributed by atoms with van der Waals surface area (Å²) in [6.07, 6.45) is 3.93. The van der Waals surface area contributed by atoms with Gasteiger partial charge < -0.3 is 4.57 Å². The first-order valence-corrected chi connectivity index (χ1v) is 10.8. The van der Waals surface area contributed by atoms with E-state index >= 15 is 0 Å². The summed E-state index contributed by atoms with van der Waals surface area (Å²) in [7, 11) is 0. The summed E-state index contributed by atoms with van der Waals surface area (Å²) in [6.45, 7) is 3.86. The summed E-state index contributed by atoms with van der Waals surface area (Å²) in [5.41, 5.74) is 5.53. The van der Waals surface area contributed by atoms with E-state index < -0.39 is 0 Å². The summed E-state index contributed by atoms with van der Waals surface area (Å²) < 4.78 is 17.9. The zero-order chi connectivity index (χ0) is 20.9. The first kappa shape index (κ1) is 18.5. The van der Waals surface area contributed by atoms with Crippen LogP contribution in [0.3, 0.4) is 0 Å². The molecule has 2 bridgehead atoms. The maximum absolute atomic E-state index is 14.1. The van der Waals surface area contributed by atoms with Gasteiger partial charge in [0.15, 0.2) is 0 Å². The van der Waals surface area contributed by atoms with Crippen molar-refractivity contribution < 1.29 is 4.39 Å². The molecule has 5 nitrogen and oxygen atoms in total. The lowest BCUT2D eigenvalue weighted by molar-refractivity contribution is 0.219. The molecule has 7 rings (SSSR count). The Bertz CT molecular complexity index is 1330. The molecule has 156 valence electrons. The molecule has 0 amide bonds. The fraction of sp³-hybridized carbons (Fsp3) is 0.280. The van der Waals surface area contributed by atoms with Crippen molar-refractivity contribution in [1.29, 1.82) is 0 Å². The Morgan fingerprint density at radius 3 is 2.61 bits per heavy atom. The Labute approximate surface area is 179 Å². The average molecular weight is 414 g/mol. The SMILES string of the molecule is O=c1cccnn1-c1ccc(Cn2c3c(c4cc(F)ccc42)CN2CCC3CC2)cc1.